The van der Waals surface area contributed by atoms with Crippen molar-refractivity contribution in [1.29, 1.82) is 0 Å². The van der Waals surface area contributed by atoms with Crippen molar-refractivity contribution in [2.45, 2.75) is 13.3 Å². The third kappa shape index (κ3) is 3.89. The molecule has 5 nitrogen and oxygen atoms in total. The predicted octanol–water partition coefficient (Wildman–Crippen LogP) is 3.70. The number of hydrazone groups is 1. The maximum atomic E-state index is 11.6. The zero-order valence-corrected chi connectivity index (χ0v) is 14.0. The summed E-state index contributed by atoms with van der Waals surface area (Å²) in [7, 11) is 1.36. The fourth-order valence-electron chi connectivity index (χ4n) is 1.63. The van der Waals surface area contributed by atoms with Crippen molar-refractivity contribution in [3.8, 4) is 0 Å². The van der Waals surface area contributed by atoms with E-state index in [0.29, 0.717) is 22.1 Å². The molecule has 0 saturated heterocycles. The van der Waals surface area contributed by atoms with Crippen molar-refractivity contribution in [3.63, 3.8) is 0 Å². The molecule has 0 saturated carbocycles. The number of nitrogens with zero attached hydrogens (tertiary/aromatic N) is 2. The van der Waals surface area contributed by atoms with E-state index in [1.54, 1.807) is 6.21 Å². The molecule has 2 rings (SSSR count). The molecule has 1 N–H and O–H groups in total. The van der Waals surface area contributed by atoms with E-state index in [1.165, 1.54) is 18.4 Å². The van der Waals surface area contributed by atoms with Gasteiger partial charge in [0.25, 0.3) is 0 Å². The number of nitrogens with one attached hydrogen (secondary N) is 1. The summed E-state index contributed by atoms with van der Waals surface area (Å²) in [6.07, 6.45) is 2.35. The molecule has 0 aliphatic heterocycles. The number of aryl methyl sites for hydroxylation is 1. The highest BCUT2D eigenvalue weighted by Gasteiger charge is 2.17. The number of halogens is 1. The minimum absolute atomic E-state index is 0.368. The number of benzene rings is 1. The number of hydrogen-bond donors (Lipinski definition) is 1. The van der Waals surface area contributed by atoms with E-state index in [9.17, 15) is 4.79 Å². The third-order valence-corrected chi connectivity index (χ3v) is 4.38. The highest BCUT2D eigenvalue weighted by molar-refractivity contribution is 9.10. The quantitative estimate of drug-likeness (QED) is 0.497. The number of esters is 1. The van der Waals surface area contributed by atoms with E-state index in [2.05, 4.69) is 31.4 Å². The molecule has 2 aromatic rings. The van der Waals surface area contributed by atoms with Crippen LogP contribution in [0.2, 0.25) is 0 Å². The molecule has 1 aromatic heterocycles. The molecule has 0 fully saturated rings. The summed E-state index contributed by atoms with van der Waals surface area (Å²) in [5.74, 6) is -0.368. The summed E-state index contributed by atoms with van der Waals surface area (Å²) in [4.78, 5) is 16.5. The predicted molar refractivity (Wildman–Crippen MR) is 88.2 cm³/mol. The fraction of sp³-hybridized carbons (Fsp3) is 0.214. The van der Waals surface area contributed by atoms with Crippen LogP contribution in [0, 0.1) is 0 Å². The molecular formula is C14H14BrN3O2S. The summed E-state index contributed by atoms with van der Waals surface area (Å²) >= 11 is 4.68. The van der Waals surface area contributed by atoms with Crippen molar-refractivity contribution in [2.75, 3.05) is 12.5 Å². The van der Waals surface area contributed by atoms with Crippen LogP contribution >= 0.6 is 27.3 Å². The van der Waals surface area contributed by atoms with Gasteiger partial charge in [-0.05, 0) is 12.5 Å². The Kier molecular flexibility index (Phi) is 5.46. The van der Waals surface area contributed by atoms with E-state index < -0.39 is 0 Å². The van der Waals surface area contributed by atoms with Crippen LogP contribution in [0.15, 0.2) is 33.8 Å². The number of thiazole rings is 1. The largest absolute Gasteiger partial charge is 0.465 e. The minimum Gasteiger partial charge on any atom is -0.465 e. The Morgan fingerprint density at radius 1 is 1.52 bits per heavy atom. The van der Waals surface area contributed by atoms with Gasteiger partial charge in [-0.25, -0.2) is 9.78 Å². The first-order valence-electron chi connectivity index (χ1n) is 6.27. The van der Waals surface area contributed by atoms with E-state index in [-0.39, 0.29) is 5.97 Å². The smallest absolute Gasteiger partial charge is 0.350 e. The van der Waals surface area contributed by atoms with Gasteiger partial charge in [-0.2, -0.15) is 5.10 Å². The first-order chi connectivity index (χ1) is 10.2. The summed E-state index contributed by atoms with van der Waals surface area (Å²) in [6, 6.07) is 7.75. The van der Waals surface area contributed by atoms with Gasteiger partial charge in [-0.15, -0.1) is 0 Å². The van der Waals surface area contributed by atoms with Gasteiger partial charge >= 0.3 is 5.97 Å². The summed E-state index contributed by atoms with van der Waals surface area (Å²) in [5, 5.41) is 4.70. The van der Waals surface area contributed by atoms with E-state index in [0.717, 1.165) is 10.0 Å². The molecular weight excluding hydrogens is 354 g/mol. The zero-order chi connectivity index (χ0) is 15.2. The Hall–Kier alpha value is -1.73. The third-order valence-electron chi connectivity index (χ3n) is 2.67. The van der Waals surface area contributed by atoms with Crippen LogP contribution in [-0.2, 0) is 11.2 Å². The van der Waals surface area contributed by atoms with Gasteiger partial charge in [0.1, 0.15) is 4.88 Å². The Morgan fingerprint density at radius 2 is 2.29 bits per heavy atom. The molecule has 0 atom stereocenters. The lowest BCUT2D eigenvalue weighted by atomic mass is 10.2. The first kappa shape index (κ1) is 15.7. The van der Waals surface area contributed by atoms with Crippen LogP contribution in [-0.4, -0.2) is 24.3 Å². The van der Waals surface area contributed by atoms with Gasteiger partial charge in [0.2, 0.25) is 5.13 Å². The number of carbonyl (C=O) groups excluding carboxylic acids is 1. The maximum absolute atomic E-state index is 11.6. The summed E-state index contributed by atoms with van der Waals surface area (Å²) in [6.45, 7) is 1.94. The number of carbonyl (C=O) groups is 1. The molecule has 1 aromatic carbocycles. The van der Waals surface area contributed by atoms with Crippen LogP contribution in [0.5, 0.6) is 0 Å². The lowest BCUT2D eigenvalue weighted by Crippen LogP contribution is -2.01. The average molecular weight is 368 g/mol. The van der Waals surface area contributed by atoms with Crippen LogP contribution in [0.4, 0.5) is 5.13 Å². The van der Waals surface area contributed by atoms with E-state index >= 15 is 0 Å². The van der Waals surface area contributed by atoms with Crippen molar-refractivity contribution >= 4 is 44.6 Å². The summed E-state index contributed by atoms with van der Waals surface area (Å²) < 4.78 is 5.70. The van der Waals surface area contributed by atoms with Gasteiger partial charge in [-0.1, -0.05) is 52.4 Å². The van der Waals surface area contributed by atoms with Gasteiger partial charge in [-0.3, -0.25) is 5.43 Å². The van der Waals surface area contributed by atoms with Gasteiger partial charge in [0, 0.05) is 10.0 Å². The Bertz CT molecular complexity index is 670. The number of hydrogen-bond acceptors (Lipinski definition) is 6. The monoisotopic (exact) mass is 367 g/mol. The molecule has 0 bridgehead atoms. The van der Waals surface area contributed by atoms with E-state index in [4.69, 9.17) is 4.74 Å². The molecule has 0 aliphatic rings. The normalized spacial score (nSPS) is 10.8. The fourth-order valence-corrected chi connectivity index (χ4v) is 2.94. The van der Waals surface area contributed by atoms with Crippen molar-refractivity contribution in [3.05, 3.63) is 44.9 Å². The number of methoxy groups -OCH3 is 1. The molecule has 0 unspecified atom stereocenters. The highest BCUT2D eigenvalue weighted by atomic mass is 79.9. The Balaban J connectivity index is 2.12. The molecule has 7 heteroatoms. The average Bonchev–Trinajstić information content (AvgIpc) is 2.91. The molecule has 0 aliphatic carbocycles. The van der Waals surface area contributed by atoms with Crippen molar-refractivity contribution < 1.29 is 9.53 Å². The number of anilines is 1. The molecule has 0 radical (unpaired) electrons. The van der Waals surface area contributed by atoms with Gasteiger partial charge in [0.15, 0.2) is 0 Å². The van der Waals surface area contributed by atoms with Crippen LogP contribution in [0.1, 0.15) is 27.9 Å². The van der Waals surface area contributed by atoms with Crippen molar-refractivity contribution in [1.82, 2.24) is 4.98 Å². The second-order valence-corrected chi connectivity index (χ2v) is 5.88. The summed E-state index contributed by atoms with van der Waals surface area (Å²) in [5.41, 5.74) is 4.51. The first-order valence-corrected chi connectivity index (χ1v) is 7.88. The van der Waals surface area contributed by atoms with Crippen LogP contribution < -0.4 is 5.43 Å². The highest BCUT2D eigenvalue weighted by Crippen LogP contribution is 2.24. The lowest BCUT2D eigenvalue weighted by Gasteiger charge is -1.96. The maximum Gasteiger partial charge on any atom is 0.350 e. The lowest BCUT2D eigenvalue weighted by molar-refractivity contribution is 0.0605. The molecule has 0 amide bonds. The van der Waals surface area contributed by atoms with E-state index in [1.807, 2.05) is 31.2 Å². The van der Waals surface area contributed by atoms with Gasteiger partial charge in [0.05, 0.1) is 19.0 Å². The van der Waals surface area contributed by atoms with Crippen LogP contribution in [0.25, 0.3) is 0 Å². The second kappa shape index (κ2) is 7.33. The molecule has 110 valence electrons. The topological polar surface area (TPSA) is 63.6 Å². The number of ether oxygens (including phenoxy) is 1. The SMILES string of the molecule is CCc1nc(N/N=C\c2ccccc2Br)sc1C(=O)OC. The van der Waals surface area contributed by atoms with Crippen molar-refractivity contribution in [2.24, 2.45) is 5.10 Å². The number of aromatic nitrogens is 1. The zero-order valence-electron chi connectivity index (χ0n) is 11.6. The Labute approximate surface area is 135 Å². The Morgan fingerprint density at radius 3 is 2.95 bits per heavy atom. The molecule has 21 heavy (non-hydrogen) atoms. The second-order valence-electron chi connectivity index (χ2n) is 4.03. The molecule has 1 heterocycles. The standard InChI is InChI=1S/C14H14BrN3O2S/c1-3-11-12(13(19)20-2)21-14(17-11)18-16-8-9-6-4-5-7-10(9)15/h4-8H,3H2,1-2H3,(H,17,18)/b16-8-. The number of rotatable bonds is 5. The minimum atomic E-state index is -0.368. The molecule has 0 spiro atoms. The van der Waals surface area contributed by atoms with Crippen LogP contribution in [0.3, 0.4) is 0 Å². The van der Waals surface area contributed by atoms with Gasteiger partial charge < -0.3 is 4.74 Å².